The minimum atomic E-state index is -0.166. The molecule has 0 bridgehead atoms. The van der Waals surface area contributed by atoms with Gasteiger partial charge in [0.05, 0.1) is 13.0 Å². The molecule has 17 heavy (non-hydrogen) atoms. The fourth-order valence-electron chi connectivity index (χ4n) is 1.27. The molecule has 4 heteroatoms. The first-order valence-electron chi connectivity index (χ1n) is 5.53. The minimum absolute atomic E-state index is 0.0630. The van der Waals surface area contributed by atoms with Crippen molar-refractivity contribution in [3.63, 3.8) is 0 Å². The van der Waals surface area contributed by atoms with E-state index in [1.807, 2.05) is 12.1 Å². The summed E-state index contributed by atoms with van der Waals surface area (Å²) in [4.78, 5) is 23.2. The zero-order valence-electron chi connectivity index (χ0n) is 10.1. The van der Waals surface area contributed by atoms with Crippen LogP contribution in [-0.4, -0.2) is 24.1 Å². The number of thioether (sulfide) groups is 1. The normalized spacial score (nSPS) is 10.0. The van der Waals surface area contributed by atoms with Crippen molar-refractivity contribution in [2.24, 2.45) is 0 Å². The SMILES string of the molecule is CCOC(=O)CCSc1ccc(C(C)=O)cc1. The van der Waals surface area contributed by atoms with Crippen LogP contribution < -0.4 is 0 Å². The molecule has 92 valence electrons. The topological polar surface area (TPSA) is 43.4 Å². The number of rotatable bonds is 6. The molecule has 1 rings (SSSR count). The summed E-state index contributed by atoms with van der Waals surface area (Å²) in [5, 5.41) is 0. The first-order valence-corrected chi connectivity index (χ1v) is 6.51. The van der Waals surface area contributed by atoms with Gasteiger partial charge in [-0.3, -0.25) is 9.59 Å². The highest BCUT2D eigenvalue weighted by Gasteiger charge is 2.03. The van der Waals surface area contributed by atoms with Gasteiger partial charge in [0.25, 0.3) is 0 Å². The third kappa shape index (κ3) is 5.04. The van der Waals surface area contributed by atoms with E-state index in [1.165, 1.54) is 0 Å². The van der Waals surface area contributed by atoms with Gasteiger partial charge in [0, 0.05) is 16.2 Å². The maximum absolute atomic E-state index is 11.1. The predicted molar refractivity (Wildman–Crippen MR) is 68.4 cm³/mol. The van der Waals surface area contributed by atoms with E-state index in [2.05, 4.69) is 0 Å². The second kappa shape index (κ2) is 7.12. The number of hydrogen-bond donors (Lipinski definition) is 0. The summed E-state index contributed by atoms with van der Waals surface area (Å²) in [6, 6.07) is 7.39. The molecular weight excluding hydrogens is 236 g/mol. The molecule has 0 radical (unpaired) electrons. The number of ketones is 1. The molecule has 0 N–H and O–H groups in total. The number of carbonyl (C=O) groups excluding carboxylic acids is 2. The predicted octanol–water partition coefficient (Wildman–Crippen LogP) is 2.93. The maximum Gasteiger partial charge on any atom is 0.306 e. The Bertz CT molecular complexity index is 384. The third-order valence-electron chi connectivity index (χ3n) is 2.14. The number of Topliss-reactive ketones (excluding diaryl/α,β-unsaturated/α-hetero) is 1. The van der Waals surface area contributed by atoms with Crippen molar-refractivity contribution >= 4 is 23.5 Å². The van der Waals surface area contributed by atoms with Crippen molar-refractivity contribution in [2.45, 2.75) is 25.2 Å². The summed E-state index contributed by atoms with van der Waals surface area (Å²) in [6.45, 7) is 3.77. The van der Waals surface area contributed by atoms with Crippen LogP contribution in [0.4, 0.5) is 0 Å². The quantitative estimate of drug-likeness (QED) is 0.443. The van der Waals surface area contributed by atoms with E-state index >= 15 is 0 Å². The van der Waals surface area contributed by atoms with Gasteiger partial charge >= 0.3 is 5.97 Å². The van der Waals surface area contributed by atoms with Gasteiger partial charge in [0.15, 0.2) is 5.78 Å². The van der Waals surface area contributed by atoms with Crippen LogP contribution in [0.15, 0.2) is 29.2 Å². The lowest BCUT2D eigenvalue weighted by Crippen LogP contribution is -2.04. The molecule has 1 aromatic rings. The van der Waals surface area contributed by atoms with Crippen LogP contribution in [0.2, 0.25) is 0 Å². The second-order valence-corrected chi connectivity index (χ2v) is 4.65. The fourth-order valence-corrected chi connectivity index (χ4v) is 2.10. The summed E-state index contributed by atoms with van der Waals surface area (Å²) < 4.78 is 4.83. The van der Waals surface area contributed by atoms with Crippen molar-refractivity contribution in [1.82, 2.24) is 0 Å². The van der Waals surface area contributed by atoms with Crippen molar-refractivity contribution in [3.8, 4) is 0 Å². The Morgan fingerprint density at radius 2 is 1.88 bits per heavy atom. The monoisotopic (exact) mass is 252 g/mol. The lowest BCUT2D eigenvalue weighted by Gasteiger charge is -2.03. The van der Waals surface area contributed by atoms with Crippen LogP contribution in [-0.2, 0) is 9.53 Å². The Kier molecular flexibility index (Phi) is 5.77. The van der Waals surface area contributed by atoms with E-state index in [4.69, 9.17) is 4.74 Å². The van der Waals surface area contributed by atoms with Crippen LogP contribution in [0.3, 0.4) is 0 Å². The fraction of sp³-hybridized carbons (Fsp3) is 0.385. The molecule has 0 spiro atoms. The Morgan fingerprint density at radius 3 is 2.41 bits per heavy atom. The van der Waals surface area contributed by atoms with Crippen LogP contribution >= 0.6 is 11.8 Å². The van der Waals surface area contributed by atoms with E-state index in [-0.39, 0.29) is 11.8 Å². The molecule has 0 aliphatic heterocycles. The molecule has 0 aliphatic carbocycles. The number of benzene rings is 1. The molecule has 1 aromatic carbocycles. The standard InChI is InChI=1S/C13H16O3S/c1-3-16-13(15)8-9-17-12-6-4-11(5-7-12)10(2)14/h4-7H,3,8-9H2,1-2H3. The van der Waals surface area contributed by atoms with E-state index in [9.17, 15) is 9.59 Å². The molecular formula is C13H16O3S. The maximum atomic E-state index is 11.1. The van der Waals surface area contributed by atoms with Gasteiger partial charge < -0.3 is 4.74 Å². The molecule has 0 heterocycles. The molecule has 0 atom stereocenters. The molecule has 0 unspecified atom stereocenters. The van der Waals surface area contributed by atoms with Gasteiger partial charge in [-0.2, -0.15) is 0 Å². The Morgan fingerprint density at radius 1 is 1.24 bits per heavy atom. The van der Waals surface area contributed by atoms with Gasteiger partial charge in [0.2, 0.25) is 0 Å². The summed E-state index contributed by atoms with van der Waals surface area (Å²) in [5.74, 6) is 0.589. The zero-order valence-corrected chi connectivity index (χ0v) is 10.9. The average Bonchev–Trinajstić information content (AvgIpc) is 2.30. The van der Waals surface area contributed by atoms with E-state index in [1.54, 1.807) is 37.7 Å². The summed E-state index contributed by atoms with van der Waals surface area (Å²) in [5.41, 5.74) is 0.708. The lowest BCUT2D eigenvalue weighted by molar-refractivity contribution is -0.142. The van der Waals surface area contributed by atoms with E-state index in [0.29, 0.717) is 24.3 Å². The van der Waals surface area contributed by atoms with Crippen LogP contribution in [0.1, 0.15) is 30.6 Å². The van der Waals surface area contributed by atoms with Crippen molar-refractivity contribution in [1.29, 1.82) is 0 Å². The minimum Gasteiger partial charge on any atom is -0.466 e. The Hall–Kier alpha value is -1.29. The highest BCUT2D eigenvalue weighted by Crippen LogP contribution is 2.19. The van der Waals surface area contributed by atoms with Gasteiger partial charge in [-0.1, -0.05) is 12.1 Å². The average molecular weight is 252 g/mol. The van der Waals surface area contributed by atoms with Crippen LogP contribution in [0.25, 0.3) is 0 Å². The summed E-state index contributed by atoms with van der Waals surface area (Å²) >= 11 is 1.58. The highest BCUT2D eigenvalue weighted by atomic mass is 32.2. The molecule has 0 aromatic heterocycles. The smallest absolute Gasteiger partial charge is 0.306 e. The number of carbonyl (C=O) groups is 2. The molecule has 0 fully saturated rings. The largest absolute Gasteiger partial charge is 0.466 e. The van der Waals surface area contributed by atoms with Crippen LogP contribution in [0.5, 0.6) is 0 Å². The number of ether oxygens (including phenoxy) is 1. The Balaban J connectivity index is 2.37. The number of hydrogen-bond acceptors (Lipinski definition) is 4. The first-order chi connectivity index (χ1) is 8.13. The highest BCUT2D eigenvalue weighted by molar-refractivity contribution is 7.99. The summed E-state index contributed by atoms with van der Waals surface area (Å²) in [6.07, 6.45) is 0.410. The van der Waals surface area contributed by atoms with Crippen molar-refractivity contribution < 1.29 is 14.3 Å². The van der Waals surface area contributed by atoms with Gasteiger partial charge in [-0.05, 0) is 26.0 Å². The van der Waals surface area contributed by atoms with E-state index in [0.717, 1.165) is 4.90 Å². The zero-order chi connectivity index (χ0) is 12.7. The van der Waals surface area contributed by atoms with Crippen LogP contribution in [0, 0.1) is 0 Å². The molecule has 0 saturated carbocycles. The van der Waals surface area contributed by atoms with Crippen molar-refractivity contribution in [2.75, 3.05) is 12.4 Å². The van der Waals surface area contributed by atoms with Crippen molar-refractivity contribution in [3.05, 3.63) is 29.8 Å². The Labute approximate surface area is 106 Å². The second-order valence-electron chi connectivity index (χ2n) is 3.48. The summed E-state index contributed by atoms with van der Waals surface area (Å²) in [7, 11) is 0. The molecule has 0 aliphatic rings. The first kappa shape index (κ1) is 13.8. The number of esters is 1. The van der Waals surface area contributed by atoms with Gasteiger partial charge in [0.1, 0.15) is 0 Å². The lowest BCUT2D eigenvalue weighted by atomic mass is 10.2. The van der Waals surface area contributed by atoms with E-state index < -0.39 is 0 Å². The third-order valence-corrected chi connectivity index (χ3v) is 3.15. The van der Waals surface area contributed by atoms with Gasteiger partial charge in [-0.15, -0.1) is 11.8 Å². The molecule has 0 saturated heterocycles. The van der Waals surface area contributed by atoms with Gasteiger partial charge in [-0.25, -0.2) is 0 Å². The molecule has 3 nitrogen and oxygen atoms in total. The molecule has 0 amide bonds.